The first kappa shape index (κ1) is 10.0. The third kappa shape index (κ3) is 2.11. The van der Waals surface area contributed by atoms with Gasteiger partial charge in [0.05, 0.1) is 5.02 Å². The summed E-state index contributed by atoms with van der Waals surface area (Å²) >= 11 is 12.9. The van der Waals surface area contributed by atoms with E-state index in [1.807, 2.05) is 6.07 Å². The van der Waals surface area contributed by atoms with Gasteiger partial charge in [0.25, 0.3) is 0 Å². The molecule has 1 fully saturated rings. The van der Waals surface area contributed by atoms with Crippen molar-refractivity contribution in [1.29, 1.82) is 0 Å². The van der Waals surface area contributed by atoms with Crippen molar-refractivity contribution >= 4 is 43.5 Å². The van der Waals surface area contributed by atoms with E-state index < -0.39 is 0 Å². The molecule has 70 valence electrons. The van der Waals surface area contributed by atoms with Crippen LogP contribution in [-0.2, 0) is 0 Å². The largest absolute Gasteiger partial charge is 0.0925 e. The van der Waals surface area contributed by atoms with Crippen LogP contribution >= 0.6 is 43.5 Å². The fraction of sp³-hybridized carbons (Fsp3) is 0.400. The van der Waals surface area contributed by atoms with Crippen molar-refractivity contribution in [1.82, 2.24) is 0 Å². The van der Waals surface area contributed by atoms with Crippen molar-refractivity contribution in [3.05, 3.63) is 33.3 Å². The van der Waals surface area contributed by atoms with E-state index in [0.29, 0.717) is 0 Å². The van der Waals surface area contributed by atoms with E-state index in [9.17, 15) is 0 Å². The van der Waals surface area contributed by atoms with Gasteiger partial charge in [-0.2, -0.15) is 0 Å². The average Bonchev–Trinajstić information content (AvgIpc) is 2.88. The highest BCUT2D eigenvalue weighted by Crippen LogP contribution is 2.49. The fourth-order valence-corrected chi connectivity index (χ4v) is 2.72. The Balaban J connectivity index is 2.19. The molecule has 1 aliphatic carbocycles. The first-order valence-electron chi connectivity index (χ1n) is 4.23. The minimum absolute atomic E-state index is 0.727. The van der Waals surface area contributed by atoms with Crippen molar-refractivity contribution in [2.45, 2.75) is 12.3 Å². The lowest BCUT2D eigenvalue weighted by Crippen LogP contribution is -1.84. The molecule has 1 saturated carbocycles. The van der Waals surface area contributed by atoms with Gasteiger partial charge in [-0.05, 0) is 51.9 Å². The van der Waals surface area contributed by atoms with Crippen molar-refractivity contribution < 1.29 is 0 Å². The van der Waals surface area contributed by atoms with Crippen molar-refractivity contribution in [3.8, 4) is 0 Å². The third-order valence-electron chi connectivity index (χ3n) is 2.49. The van der Waals surface area contributed by atoms with Crippen molar-refractivity contribution in [2.75, 3.05) is 5.33 Å². The molecular weight excluding hydrogens is 315 g/mol. The van der Waals surface area contributed by atoms with Gasteiger partial charge < -0.3 is 0 Å². The standard InChI is InChI=1S/C10H9Br2Cl/c11-5-7-3-8(7)6-1-2-9(12)10(13)4-6/h1-2,4,7-8H,3,5H2. The normalized spacial score (nSPS) is 26.1. The number of benzene rings is 1. The summed E-state index contributed by atoms with van der Waals surface area (Å²) in [6.45, 7) is 0. The number of hydrogen-bond acceptors (Lipinski definition) is 0. The number of hydrogen-bond donors (Lipinski definition) is 0. The molecule has 1 aliphatic rings. The molecular formula is C10H9Br2Cl. The van der Waals surface area contributed by atoms with Crippen LogP contribution in [0.15, 0.2) is 22.7 Å². The molecule has 1 aromatic rings. The summed E-state index contributed by atoms with van der Waals surface area (Å²) in [4.78, 5) is 0. The molecule has 0 aromatic heterocycles. The minimum Gasteiger partial charge on any atom is -0.0925 e. The molecule has 1 aromatic carbocycles. The zero-order valence-corrected chi connectivity index (χ0v) is 10.9. The topological polar surface area (TPSA) is 0 Å². The predicted octanol–water partition coefficient (Wildman–Crippen LogP) is 4.60. The third-order valence-corrected chi connectivity index (χ3v) is 4.56. The second kappa shape index (κ2) is 3.92. The quantitative estimate of drug-likeness (QED) is 0.697. The minimum atomic E-state index is 0.727. The molecule has 0 N–H and O–H groups in total. The van der Waals surface area contributed by atoms with E-state index in [1.54, 1.807) is 0 Å². The van der Waals surface area contributed by atoms with Crippen molar-refractivity contribution in [2.24, 2.45) is 5.92 Å². The van der Waals surface area contributed by atoms with Gasteiger partial charge in [0.1, 0.15) is 0 Å². The Morgan fingerprint density at radius 1 is 1.46 bits per heavy atom. The zero-order chi connectivity index (χ0) is 9.42. The monoisotopic (exact) mass is 322 g/mol. The van der Waals surface area contributed by atoms with E-state index in [2.05, 4.69) is 44.0 Å². The van der Waals surface area contributed by atoms with Gasteiger partial charge >= 0.3 is 0 Å². The van der Waals surface area contributed by atoms with Crippen LogP contribution in [0.25, 0.3) is 0 Å². The van der Waals surface area contributed by atoms with Crippen LogP contribution in [-0.4, -0.2) is 5.33 Å². The van der Waals surface area contributed by atoms with Gasteiger partial charge in [-0.1, -0.05) is 33.6 Å². The summed E-state index contributed by atoms with van der Waals surface area (Å²) < 4.78 is 0.981. The van der Waals surface area contributed by atoms with E-state index in [1.165, 1.54) is 12.0 Å². The lowest BCUT2D eigenvalue weighted by atomic mass is 10.1. The molecule has 3 heteroatoms. The summed E-state index contributed by atoms with van der Waals surface area (Å²) in [5.74, 6) is 1.54. The maximum atomic E-state index is 6.02. The molecule has 0 nitrogen and oxygen atoms in total. The molecule has 0 amide bonds. The van der Waals surface area contributed by atoms with Gasteiger partial charge in [-0.15, -0.1) is 0 Å². The average molecular weight is 324 g/mol. The lowest BCUT2D eigenvalue weighted by molar-refractivity contribution is 0.936. The molecule has 0 radical (unpaired) electrons. The first-order valence-corrected chi connectivity index (χ1v) is 6.52. The molecule has 0 aliphatic heterocycles. The molecule has 2 unspecified atom stereocenters. The van der Waals surface area contributed by atoms with Gasteiger partial charge in [0, 0.05) is 9.80 Å². The summed E-state index contributed by atoms with van der Waals surface area (Å²) in [5.41, 5.74) is 1.37. The second-order valence-electron chi connectivity index (χ2n) is 3.43. The Kier molecular flexibility index (Phi) is 3.01. The molecule has 0 bridgehead atoms. The molecule has 2 atom stereocenters. The van der Waals surface area contributed by atoms with E-state index in [4.69, 9.17) is 11.6 Å². The summed E-state index contributed by atoms with van der Waals surface area (Å²) in [6.07, 6.45) is 1.29. The van der Waals surface area contributed by atoms with Crippen LogP contribution in [0.1, 0.15) is 17.9 Å². The molecule has 13 heavy (non-hydrogen) atoms. The molecule has 0 heterocycles. The Morgan fingerprint density at radius 2 is 2.23 bits per heavy atom. The highest BCUT2D eigenvalue weighted by molar-refractivity contribution is 9.10. The van der Waals surface area contributed by atoms with Gasteiger partial charge in [0.2, 0.25) is 0 Å². The van der Waals surface area contributed by atoms with Crippen LogP contribution < -0.4 is 0 Å². The fourth-order valence-electron chi connectivity index (χ4n) is 1.57. The van der Waals surface area contributed by atoms with E-state index in [0.717, 1.165) is 26.7 Å². The Bertz CT molecular complexity index is 325. The Morgan fingerprint density at radius 3 is 2.77 bits per heavy atom. The number of alkyl halides is 1. The van der Waals surface area contributed by atoms with Gasteiger partial charge in [0.15, 0.2) is 0 Å². The van der Waals surface area contributed by atoms with Crippen molar-refractivity contribution in [3.63, 3.8) is 0 Å². The highest BCUT2D eigenvalue weighted by Gasteiger charge is 2.37. The van der Waals surface area contributed by atoms with Crippen LogP contribution in [0.3, 0.4) is 0 Å². The lowest BCUT2D eigenvalue weighted by Gasteiger charge is -2.01. The first-order chi connectivity index (χ1) is 6.22. The SMILES string of the molecule is Clc1cc(C2CC2CBr)ccc1Br. The smallest absolute Gasteiger partial charge is 0.0550 e. The maximum absolute atomic E-state index is 6.02. The highest BCUT2D eigenvalue weighted by atomic mass is 79.9. The van der Waals surface area contributed by atoms with E-state index >= 15 is 0 Å². The van der Waals surface area contributed by atoms with Crippen LogP contribution in [0.5, 0.6) is 0 Å². The number of halogens is 3. The van der Waals surface area contributed by atoms with E-state index in [-0.39, 0.29) is 0 Å². The summed E-state index contributed by atoms with van der Waals surface area (Å²) in [7, 11) is 0. The maximum Gasteiger partial charge on any atom is 0.0550 e. The van der Waals surface area contributed by atoms with Crippen LogP contribution in [0.4, 0.5) is 0 Å². The Labute approximate surface area is 99.9 Å². The predicted molar refractivity (Wildman–Crippen MR) is 63.8 cm³/mol. The van der Waals surface area contributed by atoms with Crippen LogP contribution in [0.2, 0.25) is 5.02 Å². The number of rotatable bonds is 2. The molecule has 0 saturated heterocycles. The molecule has 2 rings (SSSR count). The van der Waals surface area contributed by atoms with Gasteiger partial charge in [-0.3, -0.25) is 0 Å². The molecule has 0 spiro atoms. The summed E-state index contributed by atoms with van der Waals surface area (Å²) in [6, 6.07) is 6.25. The second-order valence-corrected chi connectivity index (χ2v) is 5.34. The Hall–Kier alpha value is 0.470. The van der Waals surface area contributed by atoms with Crippen LogP contribution in [0, 0.1) is 5.92 Å². The summed E-state index contributed by atoms with van der Waals surface area (Å²) in [5, 5.41) is 1.92. The van der Waals surface area contributed by atoms with Gasteiger partial charge in [-0.25, -0.2) is 0 Å². The zero-order valence-electron chi connectivity index (χ0n) is 6.93.